The fourth-order valence-corrected chi connectivity index (χ4v) is 1.78. The van der Waals surface area contributed by atoms with E-state index in [1.165, 1.54) is 23.0 Å². The first kappa shape index (κ1) is 16.3. The Morgan fingerprint density at radius 2 is 2.09 bits per heavy atom. The Labute approximate surface area is 131 Å². The molecule has 0 saturated heterocycles. The van der Waals surface area contributed by atoms with Gasteiger partial charge in [0.15, 0.2) is 5.82 Å². The molecule has 2 N–H and O–H groups in total. The molecule has 0 unspecified atom stereocenters. The summed E-state index contributed by atoms with van der Waals surface area (Å²) >= 11 is 0. The van der Waals surface area contributed by atoms with Gasteiger partial charge in [-0.1, -0.05) is 6.92 Å². The van der Waals surface area contributed by atoms with E-state index < -0.39 is 12.1 Å². The van der Waals surface area contributed by atoms with E-state index in [0.29, 0.717) is 17.9 Å². The number of pyridine rings is 1. The van der Waals surface area contributed by atoms with Crippen LogP contribution in [-0.4, -0.2) is 41.2 Å². The van der Waals surface area contributed by atoms with Crippen LogP contribution in [0, 0.1) is 0 Å². The van der Waals surface area contributed by atoms with Crippen LogP contribution in [0.25, 0.3) is 5.52 Å². The van der Waals surface area contributed by atoms with E-state index in [1.807, 2.05) is 6.92 Å². The summed E-state index contributed by atoms with van der Waals surface area (Å²) in [5.74, 6) is -0.492. The predicted molar refractivity (Wildman–Crippen MR) is 80.3 cm³/mol. The largest absolute Gasteiger partial charge is 0.516 e. The van der Waals surface area contributed by atoms with Crippen molar-refractivity contribution in [2.24, 2.45) is 0 Å². The number of imidazole rings is 1. The molecule has 122 valence electrons. The average Bonchev–Trinajstić information content (AvgIpc) is 2.94. The van der Waals surface area contributed by atoms with Crippen molar-refractivity contribution in [2.45, 2.75) is 13.3 Å². The summed E-state index contributed by atoms with van der Waals surface area (Å²) in [5, 5.41) is 5.29. The number of urea groups is 1. The van der Waals surface area contributed by atoms with Crippen molar-refractivity contribution in [1.29, 1.82) is 0 Å². The summed E-state index contributed by atoms with van der Waals surface area (Å²) in [5.41, 5.74) is 0.730. The van der Waals surface area contributed by atoms with Crippen LogP contribution < -0.4 is 10.6 Å². The van der Waals surface area contributed by atoms with Crippen molar-refractivity contribution in [3.8, 4) is 0 Å². The summed E-state index contributed by atoms with van der Waals surface area (Å²) in [6.45, 7) is 2.50. The number of carbonyl (C=O) groups is 3. The van der Waals surface area contributed by atoms with Gasteiger partial charge < -0.3 is 19.2 Å². The van der Waals surface area contributed by atoms with Gasteiger partial charge >= 0.3 is 18.2 Å². The second-order valence-corrected chi connectivity index (χ2v) is 4.53. The van der Waals surface area contributed by atoms with E-state index in [0.717, 1.165) is 13.5 Å². The van der Waals surface area contributed by atoms with E-state index in [4.69, 9.17) is 0 Å². The summed E-state index contributed by atoms with van der Waals surface area (Å²) in [6.07, 6.45) is 2.60. The number of methoxy groups -OCH3 is 1. The molecule has 2 aromatic heterocycles. The number of esters is 1. The Morgan fingerprint density at radius 1 is 1.30 bits per heavy atom. The van der Waals surface area contributed by atoms with Crippen LogP contribution in [0.2, 0.25) is 0 Å². The molecule has 0 fully saturated rings. The highest BCUT2D eigenvalue weighted by Gasteiger charge is 2.15. The van der Waals surface area contributed by atoms with Gasteiger partial charge in [0.1, 0.15) is 6.33 Å². The Balaban J connectivity index is 2.15. The molecular weight excluding hydrogens is 304 g/mol. The molecule has 0 atom stereocenters. The van der Waals surface area contributed by atoms with E-state index in [2.05, 4.69) is 25.1 Å². The SMILES string of the molecule is CCCNC(=O)Nc1ncn2cc(C(=O)OC(=O)OC)ccc12. The number of aromatic nitrogens is 2. The van der Waals surface area contributed by atoms with Crippen LogP contribution >= 0.6 is 0 Å². The van der Waals surface area contributed by atoms with Gasteiger partial charge in [-0.3, -0.25) is 5.32 Å². The topological polar surface area (TPSA) is 111 Å². The van der Waals surface area contributed by atoms with Crippen LogP contribution in [-0.2, 0) is 9.47 Å². The lowest BCUT2D eigenvalue weighted by molar-refractivity contribution is 0.0451. The number of ether oxygens (including phenoxy) is 2. The van der Waals surface area contributed by atoms with Gasteiger partial charge in [0.05, 0.1) is 18.2 Å². The highest BCUT2D eigenvalue weighted by atomic mass is 16.7. The summed E-state index contributed by atoms with van der Waals surface area (Å²) in [4.78, 5) is 38.4. The van der Waals surface area contributed by atoms with E-state index in [1.54, 1.807) is 6.07 Å². The lowest BCUT2D eigenvalue weighted by Gasteiger charge is -2.05. The minimum Gasteiger partial charge on any atom is -0.437 e. The molecule has 0 spiro atoms. The highest BCUT2D eigenvalue weighted by molar-refractivity contribution is 5.96. The number of hydrogen-bond acceptors (Lipinski definition) is 6. The van der Waals surface area contributed by atoms with Gasteiger partial charge in [-0.2, -0.15) is 0 Å². The first-order chi connectivity index (χ1) is 11.0. The molecule has 9 heteroatoms. The zero-order valence-electron chi connectivity index (χ0n) is 12.7. The third-order valence-corrected chi connectivity index (χ3v) is 2.88. The second-order valence-electron chi connectivity index (χ2n) is 4.53. The number of nitrogens with one attached hydrogen (secondary N) is 2. The number of anilines is 1. The first-order valence-electron chi connectivity index (χ1n) is 6.86. The van der Waals surface area contributed by atoms with E-state index in [9.17, 15) is 14.4 Å². The van der Waals surface area contributed by atoms with Crippen LogP contribution in [0.5, 0.6) is 0 Å². The normalized spacial score (nSPS) is 10.2. The molecule has 0 aliphatic carbocycles. The van der Waals surface area contributed by atoms with Gasteiger partial charge in [-0.15, -0.1) is 0 Å². The number of amides is 2. The summed E-state index contributed by atoms with van der Waals surface area (Å²) in [6, 6.07) is 2.68. The fraction of sp³-hybridized carbons (Fsp3) is 0.286. The van der Waals surface area contributed by atoms with Gasteiger partial charge in [0, 0.05) is 12.7 Å². The first-order valence-corrected chi connectivity index (χ1v) is 6.86. The summed E-state index contributed by atoms with van der Waals surface area (Å²) in [7, 11) is 1.11. The molecule has 0 aliphatic heterocycles. The Bertz CT molecular complexity index is 740. The van der Waals surface area contributed by atoms with Crippen molar-refractivity contribution in [1.82, 2.24) is 14.7 Å². The van der Waals surface area contributed by atoms with Crippen LogP contribution in [0.4, 0.5) is 15.4 Å². The highest BCUT2D eigenvalue weighted by Crippen LogP contribution is 2.16. The average molecular weight is 320 g/mol. The molecule has 23 heavy (non-hydrogen) atoms. The maximum Gasteiger partial charge on any atom is 0.516 e. The monoisotopic (exact) mass is 320 g/mol. The van der Waals surface area contributed by atoms with Gasteiger partial charge in [-0.25, -0.2) is 19.4 Å². The van der Waals surface area contributed by atoms with Crippen molar-refractivity contribution < 1.29 is 23.9 Å². The van der Waals surface area contributed by atoms with E-state index in [-0.39, 0.29) is 11.6 Å². The molecule has 9 nitrogen and oxygen atoms in total. The van der Waals surface area contributed by atoms with Crippen LogP contribution in [0.3, 0.4) is 0 Å². The molecule has 0 bridgehead atoms. The predicted octanol–water partition coefficient (Wildman–Crippen LogP) is 1.79. The zero-order chi connectivity index (χ0) is 16.8. The van der Waals surface area contributed by atoms with Crippen molar-refractivity contribution >= 4 is 29.5 Å². The van der Waals surface area contributed by atoms with Gasteiger partial charge in [-0.05, 0) is 18.6 Å². The van der Waals surface area contributed by atoms with Crippen LogP contribution in [0.15, 0.2) is 24.7 Å². The van der Waals surface area contributed by atoms with Crippen LogP contribution in [0.1, 0.15) is 23.7 Å². The van der Waals surface area contributed by atoms with Crippen molar-refractivity contribution in [3.05, 3.63) is 30.2 Å². The van der Waals surface area contributed by atoms with Crippen molar-refractivity contribution in [2.75, 3.05) is 19.0 Å². The smallest absolute Gasteiger partial charge is 0.437 e. The molecular formula is C14H16N4O5. The van der Waals surface area contributed by atoms with Gasteiger partial charge in [0.25, 0.3) is 0 Å². The maximum absolute atomic E-state index is 11.7. The molecule has 0 aromatic carbocycles. The molecule has 0 aliphatic rings. The number of hydrogen-bond donors (Lipinski definition) is 2. The fourth-order valence-electron chi connectivity index (χ4n) is 1.78. The van der Waals surface area contributed by atoms with Crippen molar-refractivity contribution in [3.63, 3.8) is 0 Å². The number of nitrogens with zero attached hydrogens (tertiary/aromatic N) is 2. The lowest BCUT2D eigenvalue weighted by atomic mass is 10.2. The molecule has 2 amide bonds. The Morgan fingerprint density at radius 3 is 2.78 bits per heavy atom. The third-order valence-electron chi connectivity index (χ3n) is 2.88. The number of carbonyl (C=O) groups excluding carboxylic acids is 3. The summed E-state index contributed by atoms with van der Waals surface area (Å²) < 4.78 is 10.2. The van der Waals surface area contributed by atoms with E-state index >= 15 is 0 Å². The Hall–Kier alpha value is -3.10. The Kier molecular flexibility index (Phi) is 5.13. The zero-order valence-corrected chi connectivity index (χ0v) is 12.7. The minimum absolute atomic E-state index is 0.141. The van der Waals surface area contributed by atoms with Gasteiger partial charge in [0.2, 0.25) is 0 Å². The standard InChI is InChI=1S/C14H16N4O5/c1-3-6-15-13(20)17-11-10-5-4-9(7-18(10)8-16-11)12(19)23-14(21)22-2/h4-5,7-8H,3,6H2,1-2H3,(H2,15,17,20). The second kappa shape index (κ2) is 7.25. The third kappa shape index (κ3) is 3.96. The molecule has 0 radical (unpaired) electrons. The maximum atomic E-state index is 11.7. The molecule has 2 rings (SSSR count). The quantitative estimate of drug-likeness (QED) is 0.656. The molecule has 2 heterocycles. The molecule has 0 saturated carbocycles. The minimum atomic E-state index is -1.09. The number of fused-ring (bicyclic) bond motifs is 1. The number of rotatable bonds is 4. The molecule has 2 aromatic rings. The lowest BCUT2D eigenvalue weighted by Crippen LogP contribution is -2.29.